The predicted molar refractivity (Wildman–Crippen MR) is 63.8 cm³/mol. The van der Waals surface area contributed by atoms with E-state index < -0.39 is 11.0 Å². The van der Waals surface area contributed by atoms with Gasteiger partial charge in [-0.1, -0.05) is 35.0 Å². The Balaban J connectivity index is 2.99. The average molecular weight is 289 g/mol. The van der Waals surface area contributed by atoms with Crippen molar-refractivity contribution in [3.8, 4) is 6.07 Å². The third-order valence-electron chi connectivity index (χ3n) is 1.97. The zero-order valence-electron chi connectivity index (χ0n) is 8.33. The maximum atomic E-state index is 13.7. The predicted octanol–water partition coefficient (Wildman–Crippen LogP) is 3.06. The van der Waals surface area contributed by atoms with Gasteiger partial charge in [-0.3, -0.25) is 0 Å². The fourth-order valence-electron chi connectivity index (χ4n) is 1.26. The van der Waals surface area contributed by atoms with Crippen LogP contribution in [0, 0.1) is 17.1 Å². The monoisotopic (exact) mass is 288 g/mol. The Morgan fingerprint density at radius 3 is 2.53 bits per heavy atom. The van der Waals surface area contributed by atoms with Gasteiger partial charge in [-0.25, -0.2) is 19.3 Å². The number of fused-ring (bicyclic) bond motifs is 1. The normalized spacial score (nSPS) is 10.5. The first-order valence-corrected chi connectivity index (χ1v) is 6.23. The summed E-state index contributed by atoms with van der Waals surface area (Å²) in [5.41, 5.74) is -0.185. The Morgan fingerprint density at radius 2 is 1.94 bits per heavy atom. The van der Waals surface area contributed by atoms with Gasteiger partial charge in [-0.2, -0.15) is 5.26 Å². The van der Waals surface area contributed by atoms with E-state index in [1.807, 2.05) is 0 Å². The van der Waals surface area contributed by atoms with E-state index >= 15 is 0 Å². The number of pyridine rings is 1. The standard InChI is InChI=1S/C9H3Cl2FN4S/c1-17-9-15-6-4(7(10)16-9)3(2-13)14-8(11)5(6)12/h1H3. The second-order valence-electron chi connectivity index (χ2n) is 2.90. The van der Waals surface area contributed by atoms with E-state index in [-0.39, 0.29) is 21.7 Å². The summed E-state index contributed by atoms with van der Waals surface area (Å²) >= 11 is 12.7. The number of hydrogen-bond donors (Lipinski definition) is 0. The van der Waals surface area contributed by atoms with Crippen LogP contribution < -0.4 is 0 Å². The van der Waals surface area contributed by atoms with Crippen molar-refractivity contribution in [1.29, 1.82) is 5.26 Å². The third kappa shape index (κ3) is 2.02. The van der Waals surface area contributed by atoms with Gasteiger partial charge in [-0.15, -0.1) is 0 Å². The SMILES string of the molecule is CSc1nc(Cl)c2c(C#N)nc(Cl)c(F)c2n1. The molecule has 0 amide bonds. The molecule has 86 valence electrons. The maximum absolute atomic E-state index is 13.7. The number of nitrogens with zero attached hydrogens (tertiary/aromatic N) is 4. The lowest BCUT2D eigenvalue weighted by atomic mass is 10.2. The van der Waals surface area contributed by atoms with E-state index in [1.165, 1.54) is 11.8 Å². The molecule has 0 aromatic carbocycles. The molecule has 0 fully saturated rings. The molecule has 0 aliphatic carbocycles. The molecule has 2 rings (SSSR count). The maximum Gasteiger partial charge on any atom is 0.189 e. The van der Waals surface area contributed by atoms with Crippen LogP contribution >= 0.6 is 35.0 Å². The molecule has 0 radical (unpaired) electrons. The van der Waals surface area contributed by atoms with Crippen molar-refractivity contribution in [2.75, 3.05) is 6.26 Å². The molecule has 0 N–H and O–H groups in total. The quantitative estimate of drug-likeness (QED) is 0.349. The molecule has 17 heavy (non-hydrogen) atoms. The molecule has 0 saturated carbocycles. The van der Waals surface area contributed by atoms with Gasteiger partial charge in [0.05, 0.1) is 5.39 Å². The summed E-state index contributed by atoms with van der Waals surface area (Å²) in [5.74, 6) is -0.805. The molecular formula is C9H3Cl2FN4S. The van der Waals surface area contributed by atoms with Crippen LogP contribution in [-0.4, -0.2) is 21.2 Å². The van der Waals surface area contributed by atoms with Crippen molar-refractivity contribution in [1.82, 2.24) is 15.0 Å². The summed E-state index contributed by atoms with van der Waals surface area (Å²) in [6.07, 6.45) is 1.73. The van der Waals surface area contributed by atoms with Crippen LogP contribution in [0.25, 0.3) is 10.9 Å². The van der Waals surface area contributed by atoms with Gasteiger partial charge in [0.1, 0.15) is 16.7 Å². The fraction of sp³-hybridized carbons (Fsp3) is 0.111. The molecular weight excluding hydrogens is 286 g/mol. The molecule has 2 aromatic rings. The summed E-state index contributed by atoms with van der Waals surface area (Å²) in [6, 6.07) is 1.78. The Labute approximate surface area is 110 Å². The second kappa shape index (κ2) is 4.61. The summed E-state index contributed by atoms with van der Waals surface area (Å²) in [4.78, 5) is 11.4. The van der Waals surface area contributed by atoms with Gasteiger partial charge in [-0.05, 0) is 6.26 Å². The molecule has 0 aliphatic rings. The first-order valence-electron chi connectivity index (χ1n) is 4.24. The molecule has 0 atom stereocenters. The molecule has 0 bridgehead atoms. The minimum atomic E-state index is -0.805. The van der Waals surface area contributed by atoms with Crippen molar-refractivity contribution < 1.29 is 4.39 Å². The van der Waals surface area contributed by atoms with Crippen molar-refractivity contribution in [3.05, 3.63) is 21.8 Å². The van der Waals surface area contributed by atoms with E-state index in [0.29, 0.717) is 5.16 Å². The van der Waals surface area contributed by atoms with Crippen LogP contribution in [-0.2, 0) is 0 Å². The number of nitriles is 1. The van der Waals surface area contributed by atoms with Crippen LogP contribution in [0.5, 0.6) is 0 Å². The van der Waals surface area contributed by atoms with Crippen molar-refractivity contribution in [2.24, 2.45) is 0 Å². The van der Waals surface area contributed by atoms with Crippen LogP contribution in [0.2, 0.25) is 10.3 Å². The van der Waals surface area contributed by atoms with Crippen LogP contribution in [0.1, 0.15) is 5.69 Å². The number of thioether (sulfide) groups is 1. The van der Waals surface area contributed by atoms with Gasteiger partial charge < -0.3 is 0 Å². The average Bonchev–Trinajstić information content (AvgIpc) is 2.33. The summed E-state index contributed by atoms with van der Waals surface area (Å²) in [7, 11) is 0. The smallest absolute Gasteiger partial charge is 0.189 e. The topological polar surface area (TPSA) is 62.5 Å². The molecule has 2 heterocycles. The van der Waals surface area contributed by atoms with Crippen LogP contribution in [0.3, 0.4) is 0 Å². The summed E-state index contributed by atoms with van der Waals surface area (Å²) in [6.45, 7) is 0. The molecule has 8 heteroatoms. The van der Waals surface area contributed by atoms with Crippen molar-refractivity contribution in [2.45, 2.75) is 5.16 Å². The fourth-order valence-corrected chi connectivity index (χ4v) is 2.10. The van der Waals surface area contributed by atoms with E-state index in [4.69, 9.17) is 28.5 Å². The van der Waals surface area contributed by atoms with Crippen LogP contribution in [0.15, 0.2) is 5.16 Å². The summed E-state index contributed by atoms with van der Waals surface area (Å²) in [5, 5.41) is 8.84. The zero-order chi connectivity index (χ0) is 12.6. The highest BCUT2D eigenvalue weighted by atomic mass is 35.5. The Kier molecular flexibility index (Phi) is 3.33. The lowest BCUT2D eigenvalue weighted by molar-refractivity contribution is 0.629. The molecule has 2 aromatic heterocycles. The molecule has 0 saturated heterocycles. The van der Waals surface area contributed by atoms with E-state index in [9.17, 15) is 4.39 Å². The van der Waals surface area contributed by atoms with Gasteiger partial charge in [0.2, 0.25) is 0 Å². The van der Waals surface area contributed by atoms with Gasteiger partial charge in [0.15, 0.2) is 21.8 Å². The lowest BCUT2D eigenvalue weighted by Gasteiger charge is -2.05. The highest BCUT2D eigenvalue weighted by molar-refractivity contribution is 7.98. The third-order valence-corrected chi connectivity index (χ3v) is 3.04. The molecule has 0 unspecified atom stereocenters. The first kappa shape index (κ1) is 12.3. The van der Waals surface area contributed by atoms with E-state index in [1.54, 1.807) is 12.3 Å². The minimum Gasteiger partial charge on any atom is -0.221 e. The van der Waals surface area contributed by atoms with Crippen LogP contribution in [0.4, 0.5) is 4.39 Å². The Morgan fingerprint density at radius 1 is 1.24 bits per heavy atom. The van der Waals surface area contributed by atoms with E-state index in [2.05, 4.69) is 15.0 Å². The molecule has 4 nitrogen and oxygen atoms in total. The zero-order valence-corrected chi connectivity index (χ0v) is 10.7. The molecule has 0 aliphatic heterocycles. The van der Waals surface area contributed by atoms with Gasteiger partial charge >= 0.3 is 0 Å². The Hall–Kier alpha value is -1.16. The number of aromatic nitrogens is 3. The molecule has 0 spiro atoms. The Bertz CT molecular complexity index is 656. The minimum absolute atomic E-state index is 0.0148. The van der Waals surface area contributed by atoms with Gasteiger partial charge in [0.25, 0.3) is 0 Å². The first-order chi connectivity index (χ1) is 8.08. The number of rotatable bonds is 1. The highest BCUT2D eigenvalue weighted by Crippen LogP contribution is 2.29. The van der Waals surface area contributed by atoms with Crippen molar-refractivity contribution >= 4 is 45.9 Å². The largest absolute Gasteiger partial charge is 0.221 e. The second-order valence-corrected chi connectivity index (χ2v) is 4.39. The highest BCUT2D eigenvalue weighted by Gasteiger charge is 2.18. The van der Waals surface area contributed by atoms with Gasteiger partial charge in [0, 0.05) is 0 Å². The summed E-state index contributed by atoms with van der Waals surface area (Å²) < 4.78 is 13.7. The number of hydrogen-bond acceptors (Lipinski definition) is 5. The van der Waals surface area contributed by atoms with E-state index in [0.717, 1.165) is 0 Å². The lowest BCUT2D eigenvalue weighted by Crippen LogP contribution is -1.98. The number of halogens is 3. The van der Waals surface area contributed by atoms with Crippen molar-refractivity contribution in [3.63, 3.8) is 0 Å².